The molecule has 4 rings (SSSR count). The molecule has 190 valence electrons. The largest absolute Gasteiger partial charge is 0.463 e. The smallest absolute Gasteiger partial charge is 0.338 e. The average molecular weight is 521 g/mol. The van der Waals surface area contributed by atoms with E-state index >= 15 is 0 Å². The number of aromatic nitrogens is 1. The number of hydrogen-bond donors (Lipinski definition) is 0. The molecule has 0 saturated heterocycles. The molecule has 0 bridgehead atoms. The summed E-state index contributed by atoms with van der Waals surface area (Å²) in [4.78, 5) is 54.0. The lowest BCUT2D eigenvalue weighted by Gasteiger charge is -2.24. The molecule has 1 aliphatic heterocycles. The molecule has 37 heavy (non-hydrogen) atoms. The van der Waals surface area contributed by atoms with Crippen LogP contribution < -0.4 is 24.4 Å². The third-order valence-corrected chi connectivity index (χ3v) is 6.40. The monoisotopic (exact) mass is 520 g/mol. The minimum absolute atomic E-state index is 0.168. The minimum atomic E-state index is -0.782. The molecule has 0 radical (unpaired) electrons. The minimum Gasteiger partial charge on any atom is -0.463 e. The Balaban J connectivity index is 1.83. The molecule has 0 aliphatic carbocycles. The third-order valence-electron chi connectivity index (χ3n) is 5.41. The average Bonchev–Trinajstić information content (AvgIpc) is 3.13. The van der Waals surface area contributed by atoms with Crippen LogP contribution in [0.1, 0.15) is 44.9 Å². The van der Waals surface area contributed by atoms with Gasteiger partial charge in [-0.15, -0.1) is 0 Å². The fraction of sp³-hybridized carbons (Fsp3) is 0.222. The highest BCUT2D eigenvalue weighted by Gasteiger charge is 2.33. The Morgan fingerprint density at radius 1 is 0.973 bits per heavy atom. The zero-order valence-electron chi connectivity index (χ0n) is 20.6. The van der Waals surface area contributed by atoms with Crippen LogP contribution in [-0.2, 0) is 19.1 Å². The van der Waals surface area contributed by atoms with Gasteiger partial charge in [-0.2, -0.15) is 0 Å². The third kappa shape index (κ3) is 5.59. The molecule has 10 heteroatoms. The van der Waals surface area contributed by atoms with Gasteiger partial charge >= 0.3 is 17.9 Å². The van der Waals surface area contributed by atoms with Gasteiger partial charge in [-0.25, -0.2) is 9.79 Å². The summed E-state index contributed by atoms with van der Waals surface area (Å²) in [7, 11) is 0. The van der Waals surface area contributed by atoms with E-state index in [9.17, 15) is 19.2 Å². The fourth-order valence-electron chi connectivity index (χ4n) is 3.94. The second-order valence-electron chi connectivity index (χ2n) is 8.13. The number of carbonyl (C=O) groups is 3. The van der Waals surface area contributed by atoms with Gasteiger partial charge in [-0.1, -0.05) is 35.6 Å². The Hall–Kier alpha value is -4.31. The molecule has 3 aromatic rings. The van der Waals surface area contributed by atoms with Crippen LogP contribution in [0.25, 0.3) is 6.08 Å². The molecule has 9 nitrogen and oxygen atoms in total. The predicted molar refractivity (Wildman–Crippen MR) is 136 cm³/mol. The van der Waals surface area contributed by atoms with Crippen molar-refractivity contribution in [3.63, 3.8) is 0 Å². The van der Waals surface area contributed by atoms with Crippen LogP contribution in [0.4, 0.5) is 0 Å². The van der Waals surface area contributed by atoms with Gasteiger partial charge in [0.1, 0.15) is 11.5 Å². The molecule has 0 unspecified atom stereocenters. The van der Waals surface area contributed by atoms with Crippen molar-refractivity contribution in [1.29, 1.82) is 0 Å². The SMILES string of the molecule is CCOC(=O)C1=C(C)N=c2s/c(=C/c3ccc(OC(C)=O)cc3)c(=O)n2[C@@H]1c1ccc(OC(C)=O)cc1. The van der Waals surface area contributed by atoms with Crippen LogP contribution >= 0.6 is 11.3 Å². The van der Waals surface area contributed by atoms with E-state index in [0.717, 1.165) is 5.56 Å². The van der Waals surface area contributed by atoms with Crippen molar-refractivity contribution in [3.05, 3.63) is 90.6 Å². The molecule has 0 amide bonds. The van der Waals surface area contributed by atoms with Gasteiger partial charge in [-0.05, 0) is 55.3 Å². The number of thiazole rings is 1. The summed E-state index contributed by atoms with van der Waals surface area (Å²) in [6.07, 6.45) is 1.71. The molecular weight excluding hydrogens is 496 g/mol. The van der Waals surface area contributed by atoms with Crippen LogP contribution in [0.2, 0.25) is 0 Å². The predicted octanol–water partition coefficient (Wildman–Crippen LogP) is 2.65. The van der Waals surface area contributed by atoms with Gasteiger partial charge in [0, 0.05) is 13.8 Å². The highest BCUT2D eigenvalue weighted by molar-refractivity contribution is 7.07. The first kappa shape index (κ1) is 25.8. The molecule has 1 atom stereocenters. The van der Waals surface area contributed by atoms with Crippen molar-refractivity contribution in [1.82, 2.24) is 4.57 Å². The molecule has 0 spiro atoms. The molecule has 0 fully saturated rings. The maximum atomic E-state index is 13.6. The number of esters is 3. The van der Waals surface area contributed by atoms with Gasteiger partial charge in [0.15, 0.2) is 4.80 Å². The van der Waals surface area contributed by atoms with Crippen LogP contribution in [0.5, 0.6) is 11.5 Å². The molecule has 0 N–H and O–H groups in total. The van der Waals surface area contributed by atoms with Crippen molar-refractivity contribution >= 4 is 35.3 Å². The molecular formula is C27H24N2O7S. The van der Waals surface area contributed by atoms with Gasteiger partial charge in [0.25, 0.3) is 5.56 Å². The Kier molecular flexibility index (Phi) is 7.49. The summed E-state index contributed by atoms with van der Waals surface area (Å²) in [5, 5.41) is 0. The fourth-order valence-corrected chi connectivity index (χ4v) is 4.99. The summed E-state index contributed by atoms with van der Waals surface area (Å²) in [5.74, 6) is -0.690. The molecule has 2 aromatic carbocycles. The topological polar surface area (TPSA) is 113 Å². The number of rotatable bonds is 6. The lowest BCUT2D eigenvalue weighted by molar-refractivity contribution is -0.139. The van der Waals surface area contributed by atoms with Crippen molar-refractivity contribution in [2.24, 2.45) is 4.99 Å². The van der Waals surface area contributed by atoms with Crippen LogP contribution in [-0.4, -0.2) is 29.1 Å². The maximum absolute atomic E-state index is 13.6. The van der Waals surface area contributed by atoms with E-state index in [0.29, 0.717) is 32.1 Å². The quantitative estimate of drug-likeness (QED) is 0.363. The van der Waals surface area contributed by atoms with Crippen molar-refractivity contribution in [2.75, 3.05) is 6.61 Å². The zero-order chi connectivity index (χ0) is 26.7. The van der Waals surface area contributed by atoms with Gasteiger partial charge in [0.2, 0.25) is 0 Å². The first-order chi connectivity index (χ1) is 17.7. The normalized spacial score (nSPS) is 15.0. The Morgan fingerprint density at radius 2 is 1.54 bits per heavy atom. The van der Waals surface area contributed by atoms with E-state index in [1.807, 2.05) is 0 Å². The number of carbonyl (C=O) groups excluding carboxylic acids is 3. The van der Waals surface area contributed by atoms with E-state index in [2.05, 4.69) is 4.99 Å². The van der Waals surface area contributed by atoms with Crippen LogP contribution in [0.3, 0.4) is 0 Å². The summed E-state index contributed by atoms with van der Waals surface area (Å²) >= 11 is 1.20. The lowest BCUT2D eigenvalue weighted by Crippen LogP contribution is -2.39. The summed E-state index contributed by atoms with van der Waals surface area (Å²) < 4.78 is 17.4. The number of fused-ring (bicyclic) bond motifs is 1. The summed E-state index contributed by atoms with van der Waals surface area (Å²) in [5.41, 5.74) is 1.74. The number of benzene rings is 2. The molecule has 2 heterocycles. The highest BCUT2D eigenvalue weighted by Crippen LogP contribution is 2.31. The van der Waals surface area contributed by atoms with Crippen molar-refractivity contribution in [2.45, 2.75) is 33.7 Å². The van der Waals surface area contributed by atoms with Gasteiger partial charge in [0.05, 0.1) is 28.5 Å². The number of nitrogens with zero attached hydrogens (tertiary/aromatic N) is 2. The van der Waals surface area contributed by atoms with Gasteiger partial charge < -0.3 is 14.2 Å². The van der Waals surface area contributed by atoms with E-state index in [4.69, 9.17) is 14.2 Å². The molecule has 1 aromatic heterocycles. The Bertz CT molecular complexity index is 1580. The number of ether oxygens (including phenoxy) is 3. The second kappa shape index (κ2) is 10.8. The first-order valence-corrected chi connectivity index (χ1v) is 12.3. The molecule has 1 aliphatic rings. The summed E-state index contributed by atoms with van der Waals surface area (Å²) in [6, 6.07) is 12.6. The number of hydrogen-bond acceptors (Lipinski definition) is 9. The lowest BCUT2D eigenvalue weighted by atomic mass is 9.96. The van der Waals surface area contributed by atoms with Crippen molar-refractivity contribution in [3.8, 4) is 11.5 Å². The van der Waals surface area contributed by atoms with E-state index in [1.54, 1.807) is 68.5 Å². The van der Waals surface area contributed by atoms with Crippen molar-refractivity contribution < 1.29 is 28.6 Å². The van der Waals surface area contributed by atoms with Crippen LogP contribution in [0.15, 0.2) is 69.6 Å². The van der Waals surface area contributed by atoms with E-state index in [-0.39, 0.29) is 17.7 Å². The van der Waals surface area contributed by atoms with Gasteiger partial charge in [-0.3, -0.25) is 19.0 Å². The number of allylic oxidation sites excluding steroid dienone is 1. The van der Waals surface area contributed by atoms with E-state index in [1.165, 1.54) is 29.8 Å². The zero-order valence-corrected chi connectivity index (χ0v) is 21.5. The first-order valence-electron chi connectivity index (χ1n) is 11.4. The standard InChI is InChI=1S/C27H24N2O7S/c1-5-34-26(33)23-15(2)28-27-29(24(23)19-8-12-21(13-9-19)36-17(4)31)25(32)22(37-27)14-18-6-10-20(11-7-18)35-16(3)30/h6-14,24H,5H2,1-4H3/b22-14+/t24-/m1/s1. The van der Waals surface area contributed by atoms with E-state index < -0.39 is 23.9 Å². The highest BCUT2D eigenvalue weighted by atomic mass is 32.1. The second-order valence-corrected chi connectivity index (χ2v) is 9.14. The Labute approximate surface area is 215 Å². The van der Waals surface area contributed by atoms with Crippen LogP contribution in [0, 0.1) is 0 Å². The molecule has 0 saturated carbocycles. The Morgan fingerprint density at radius 3 is 2.08 bits per heavy atom. The summed E-state index contributed by atoms with van der Waals surface area (Å²) in [6.45, 7) is 6.21. The maximum Gasteiger partial charge on any atom is 0.338 e.